The maximum atomic E-state index is 14.0. The molecule has 0 aliphatic carbocycles. The highest BCUT2D eigenvalue weighted by atomic mass is 19.1. The van der Waals surface area contributed by atoms with Crippen molar-refractivity contribution in [1.29, 1.82) is 0 Å². The molecule has 1 amide bonds. The molecule has 1 aromatic heterocycles. The standard InChI is InChI=1S/C21H18F3N3O2/c1-12-2-3-14(11-27(12)21(28)13-4-6-15(22)7-5-13)19-25-20(29-26-19)17-9-8-16(23)10-18(17)24/h4-10,12,14H,2-3,11H2,1H3/t12-,14+/m1/s1. The van der Waals surface area contributed by atoms with E-state index in [1.807, 2.05) is 6.92 Å². The number of benzene rings is 2. The van der Waals surface area contributed by atoms with Gasteiger partial charge in [-0.15, -0.1) is 0 Å². The Labute approximate surface area is 165 Å². The molecule has 0 N–H and O–H groups in total. The van der Waals surface area contributed by atoms with Crippen molar-refractivity contribution in [2.24, 2.45) is 0 Å². The van der Waals surface area contributed by atoms with E-state index in [0.29, 0.717) is 17.9 Å². The minimum Gasteiger partial charge on any atom is -0.335 e. The van der Waals surface area contributed by atoms with Crippen molar-refractivity contribution in [2.75, 3.05) is 6.54 Å². The van der Waals surface area contributed by atoms with Crippen LogP contribution < -0.4 is 0 Å². The molecule has 0 spiro atoms. The lowest BCUT2D eigenvalue weighted by atomic mass is 9.92. The number of hydrogen-bond acceptors (Lipinski definition) is 4. The average Bonchev–Trinajstić information content (AvgIpc) is 3.18. The molecule has 1 fully saturated rings. The van der Waals surface area contributed by atoms with Crippen molar-refractivity contribution >= 4 is 5.91 Å². The molecule has 29 heavy (non-hydrogen) atoms. The van der Waals surface area contributed by atoms with Gasteiger partial charge in [0, 0.05) is 30.1 Å². The number of carbonyl (C=O) groups is 1. The van der Waals surface area contributed by atoms with Gasteiger partial charge in [0.2, 0.25) is 0 Å². The molecule has 0 unspecified atom stereocenters. The van der Waals surface area contributed by atoms with Gasteiger partial charge in [0.1, 0.15) is 17.5 Å². The summed E-state index contributed by atoms with van der Waals surface area (Å²) in [6.07, 6.45) is 1.46. The zero-order valence-electron chi connectivity index (χ0n) is 15.6. The fourth-order valence-corrected chi connectivity index (χ4v) is 3.53. The van der Waals surface area contributed by atoms with Crippen molar-refractivity contribution < 1.29 is 22.5 Å². The van der Waals surface area contributed by atoms with Gasteiger partial charge >= 0.3 is 0 Å². The van der Waals surface area contributed by atoms with Crippen molar-refractivity contribution in [1.82, 2.24) is 15.0 Å². The Hall–Kier alpha value is -3.16. The Morgan fingerprint density at radius 3 is 2.52 bits per heavy atom. The van der Waals surface area contributed by atoms with Crippen LogP contribution in [0.25, 0.3) is 11.5 Å². The molecule has 0 saturated carbocycles. The molecule has 8 heteroatoms. The summed E-state index contributed by atoms with van der Waals surface area (Å²) in [5.74, 6) is -1.93. The van der Waals surface area contributed by atoms with Crippen molar-refractivity contribution in [3.8, 4) is 11.5 Å². The van der Waals surface area contributed by atoms with E-state index < -0.39 is 17.5 Å². The number of likely N-dealkylation sites (tertiary alicyclic amines) is 1. The Kier molecular flexibility index (Phi) is 5.08. The van der Waals surface area contributed by atoms with Crippen LogP contribution in [-0.2, 0) is 0 Å². The van der Waals surface area contributed by atoms with Crippen LogP contribution in [-0.4, -0.2) is 33.5 Å². The van der Waals surface area contributed by atoms with Gasteiger partial charge in [-0.25, -0.2) is 13.2 Å². The van der Waals surface area contributed by atoms with Crippen LogP contribution in [0.1, 0.15) is 41.9 Å². The largest absolute Gasteiger partial charge is 0.335 e. The molecular weight excluding hydrogens is 383 g/mol. The maximum absolute atomic E-state index is 14.0. The van der Waals surface area contributed by atoms with Crippen molar-refractivity contribution in [3.63, 3.8) is 0 Å². The highest BCUT2D eigenvalue weighted by Crippen LogP contribution is 2.31. The Morgan fingerprint density at radius 1 is 1.07 bits per heavy atom. The Bertz CT molecular complexity index is 1040. The van der Waals surface area contributed by atoms with Gasteiger partial charge in [-0.3, -0.25) is 4.79 Å². The first-order valence-electron chi connectivity index (χ1n) is 9.28. The number of nitrogens with zero attached hydrogens (tertiary/aromatic N) is 3. The van der Waals surface area contributed by atoms with Crippen LogP contribution >= 0.6 is 0 Å². The van der Waals surface area contributed by atoms with Crippen molar-refractivity contribution in [2.45, 2.75) is 31.7 Å². The van der Waals surface area contributed by atoms with Gasteiger partial charge in [-0.1, -0.05) is 5.16 Å². The second kappa shape index (κ2) is 7.69. The van der Waals surface area contributed by atoms with E-state index in [1.165, 1.54) is 30.3 Å². The molecule has 3 aromatic rings. The molecule has 4 rings (SSSR count). The van der Waals surface area contributed by atoms with Crippen LogP contribution in [0, 0.1) is 17.5 Å². The third-order valence-corrected chi connectivity index (χ3v) is 5.20. The molecule has 0 bridgehead atoms. The summed E-state index contributed by atoms with van der Waals surface area (Å²) in [6.45, 7) is 2.31. The van der Waals surface area contributed by atoms with Crippen LogP contribution in [0.2, 0.25) is 0 Å². The first-order valence-corrected chi connectivity index (χ1v) is 9.28. The minimum absolute atomic E-state index is 0.00437. The first kappa shape index (κ1) is 19.2. The van der Waals surface area contributed by atoms with Gasteiger partial charge in [0.25, 0.3) is 11.8 Å². The van der Waals surface area contributed by atoms with Gasteiger partial charge in [0.05, 0.1) is 5.56 Å². The minimum atomic E-state index is -0.786. The van der Waals surface area contributed by atoms with Gasteiger partial charge in [-0.2, -0.15) is 4.98 Å². The number of halogens is 3. The average molecular weight is 401 g/mol. The predicted molar refractivity (Wildman–Crippen MR) is 98.5 cm³/mol. The van der Waals surface area contributed by atoms with Gasteiger partial charge < -0.3 is 9.42 Å². The normalized spacial score (nSPS) is 19.4. The summed E-state index contributed by atoms with van der Waals surface area (Å²) in [5, 5.41) is 3.95. The van der Waals surface area contributed by atoms with Crippen LogP contribution in [0.3, 0.4) is 0 Å². The van der Waals surface area contributed by atoms with Gasteiger partial charge in [-0.05, 0) is 56.2 Å². The summed E-state index contributed by atoms with van der Waals surface area (Å²) in [4.78, 5) is 18.8. The third-order valence-electron chi connectivity index (χ3n) is 5.20. The summed E-state index contributed by atoms with van der Waals surface area (Å²) in [7, 11) is 0. The summed E-state index contributed by atoms with van der Waals surface area (Å²) in [6, 6.07) is 8.54. The van der Waals surface area contributed by atoms with E-state index in [9.17, 15) is 18.0 Å². The quantitative estimate of drug-likeness (QED) is 0.646. The lowest BCUT2D eigenvalue weighted by Crippen LogP contribution is -2.45. The number of amides is 1. The summed E-state index contributed by atoms with van der Waals surface area (Å²) in [5.41, 5.74) is 0.426. The summed E-state index contributed by atoms with van der Waals surface area (Å²) < 4.78 is 45.4. The third kappa shape index (κ3) is 3.87. The number of piperidine rings is 1. The fraction of sp³-hybridized carbons (Fsp3) is 0.286. The van der Waals surface area contributed by atoms with E-state index in [0.717, 1.165) is 25.0 Å². The lowest BCUT2D eigenvalue weighted by Gasteiger charge is -2.37. The molecule has 1 aliphatic rings. The van der Waals surface area contributed by atoms with E-state index in [2.05, 4.69) is 10.1 Å². The van der Waals surface area contributed by atoms with Crippen LogP contribution in [0.5, 0.6) is 0 Å². The second-order valence-electron chi connectivity index (χ2n) is 7.17. The molecule has 1 aliphatic heterocycles. The molecular formula is C21H18F3N3O2. The maximum Gasteiger partial charge on any atom is 0.260 e. The number of hydrogen-bond donors (Lipinski definition) is 0. The second-order valence-corrected chi connectivity index (χ2v) is 7.17. The molecule has 2 atom stereocenters. The van der Waals surface area contributed by atoms with Crippen LogP contribution in [0.4, 0.5) is 13.2 Å². The molecule has 150 valence electrons. The van der Waals surface area contributed by atoms with E-state index in [1.54, 1.807) is 4.90 Å². The van der Waals surface area contributed by atoms with Gasteiger partial charge in [0.15, 0.2) is 5.82 Å². The zero-order valence-corrected chi connectivity index (χ0v) is 15.6. The molecule has 2 aromatic carbocycles. The SMILES string of the molecule is C[C@@H]1CC[C@H](c2noc(-c3ccc(F)cc3F)n2)CN1C(=O)c1ccc(F)cc1. The Morgan fingerprint density at radius 2 is 1.79 bits per heavy atom. The highest BCUT2D eigenvalue weighted by Gasteiger charge is 2.33. The smallest absolute Gasteiger partial charge is 0.260 e. The first-order chi connectivity index (χ1) is 13.9. The van der Waals surface area contributed by atoms with E-state index in [4.69, 9.17) is 4.52 Å². The van der Waals surface area contributed by atoms with Crippen molar-refractivity contribution in [3.05, 3.63) is 71.3 Å². The molecule has 1 saturated heterocycles. The van der Waals surface area contributed by atoms with Crippen LogP contribution in [0.15, 0.2) is 47.0 Å². The lowest BCUT2D eigenvalue weighted by molar-refractivity contribution is 0.0604. The molecule has 0 radical (unpaired) electrons. The number of aromatic nitrogens is 2. The summed E-state index contributed by atoms with van der Waals surface area (Å²) >= 11 is 0. The topological polar surface area (TPSA) is 59.2 Å². The highest BCUT2D eigenvalue weighted by molar-refractivity contribution is 5.94. The number of carbonyl (C=O) groups excluding carboxylic acids is 1. The zero-order chi connectivity index (χ0) is 20.5. The predicted octanol–water partition coefficient (Wildman–Crippen LogP) is 4.56. The molecule has 2 heterocycles. The Balaban J connectivity index is 1.54. The molecule has 5 nitrogen and oxygen atoms in total. The monoisotopic (exact) mass is 401 g/mol. The van der Waals surface area contributed by atoms with E-state index >= 15 is 0 Å². The fourth-order valence-electron chi connectivity index (χ4n) is 3.53. The number of rotatable bonds is 3. The van der Waals surface area contributed by atoms with E-state index in [-0.39, 0.29) is 29.3 Å².